The molecule has 2 aromatic heterocycles. The lowest BCUT2D eigenvalue weighted by Gasteiger charge is -2.18. The molecular formula is C15H13F2N5. The minimum atomic E-state index is -0.555. The van der Waals surface area contributed by atoms with E-state index in [2.05, 4.69) is 25.5 Å². The van der Waals surface area contributed by atoms with E-state index in [9.17, 15) is 8.78 Å². The molecule has 0 radical (unpaired) electrons. The van der Waals surface area contributed by atoms with E-state index in [0.717, 1.165) is 24.3 Å². The molecule has 1 aromatic carbocycles. The first kappa shape index (κ1) is 13.1. The van der Waals surface area contributed by atoms with Crippen LogP contribution in [0.1, 0.15) is 18.4 Å². The van der Waals surface area contributed by atoms with Gasteiger partial charge in [0, 0.05) is 18.0 Å². The van der Waals surface area contributed by atoms with Gasteiger partial charge in [0.2, 0.25) is 0 Å². The van der Waals surface area contributed by atoms with Crippen molar-refractivity contribution in [3.63, 3.8) is 0 Å². The van der Waals surface area contributed by atoms with Gasteiger partial charge in [-0.1, -0.05) is 6.07 Å². The predicted octanol–water partition coefficient (Wildman–Crippen LogP) is 2.77. The second kappa shape index (κ2) is 4.72. The van der Waals surface area contributed by atoms with Crippen LogP contribution in [0.2, 0.25) is 0 Å². The summed E-state index contributed by atoms with van der Waals surface area (Å²) in [5.41, 5.74) is 0.910. The molecule has 3 aromatic rings. The van der Waals surface area contributed by atoms with Crippen molar-refractivity contribution in [1.29, 1.82) is 0 Å². The Kier molecular flexibility index (Phi) is 2.82. The van der Waals surface area contributed by atoms with E-state index in [1.807, 2.05) is 0 Å². The SMILES string of the molecule is Fc1ccc(C2(CNc3ncnc4[nH]ncc34)CC2)c(F)c1. The van der Waals surface area contributed by atoms with E-state index in [1.54, 1.807) is 6.20 Å². The molecule has 0 aliphatic heterocycles. The first-order valence-electron chi connectivity index (χ1n) is 7.01. The van der Waals surface area contributed by atoms with Crippen molar-refractivity contribution in [1.82, 2.24) is 20.2 Å². The molecule has 0 bridgehead atoms. The van der Waals surface area contributed by atoms with Crippen LogP contribution in [0, 0.1) is 11.6 Å². The number of benzene rings is 1. The molecule has 5 nitrogen and oxygen atoms in total. The van der Waals surface area contributed by atoms with Gasteiger partial charge in [-0.15, -0.1) is 0 Å². The Bertz CT molecular complexity index is 841. The number of fused-ring (bicyclic) bond motifs is 1. The Morgan fingerprint density at radius 2 is 2.09 bits per heavy atom. The summed E-state index contributed by atoms with van der Waals surface area (Å²) in [6.45, 7) is 0.535. The number of rotatable bonds is 4. The Morgan fingerprint density at radius 1 is 1.23 bits per heavy atom. The van der Waals surface area contributed by atoms with Gasteiger partial charge in [0.1, 0.15) is 23.8 Å². The Balaban J connectivity index is 1.59. The molecule has 1 saturated carbocycles. The van der Waals surface area contributed by atoms with Crippen LogP contribution in [0.25, 0.3) is 11.0 Å². The summed E-state index contributed by atoms with van der Waals surface area (Å²) in [6.07, 6.45) is 4.82. The highest BCUT2D eigenvalue weighted by atomic mass is 19.1. The lowest BCUT2D eigenvalue weighted by atomic mass is 9.95. The first-order valence-corrected chi connectivity index (χ1v) is 7.01. The third kappa shape index (κ3) is 2.09. The highest BCUT2D eigenvalue weighted by Gasteiger charge is 2.46. The molecule has 0 unspecified atom stereocenters. The second-order valence-electron chi connectivity index (χ2n) is 5.61. The smallest absolute Gasteiger partial charge is 0.160 e. The fraction of sp³-hybridized carbons (Fsp3) is 0.267. The van der Waals surface area contributed by atoms with Crippen molar-refractivity contribution in [2.75, 3.05) is 11.9 Å². The van der Waals surface area contributed by atoms with Crippen LogP contribution < -0.4 is 5.32 Å². The fourth-order valence-electron chi connectivity index (χ4n) is 2.77. The standard InChI is InChI=1S/C15H13F2N5/c16-9-1-2-11(12(17)5-9)15(3-4-15)7-18-13-10-6-21-22-14(10)20-8-19-13/h1-2,5-6,8H,3-4,7H2,(H2,18,19,20,21,22). The fourth-order valence-corrected chi connectivity index (χ4v) is 2.77. The van der Waals surface area contributed by atoms with E-state index < -0.39 is 11.6 Å². The molecule has 0 spiro atoms. The minimum absolute atomic E-state index is 0.293. The second-order valence-corrected chi connectivity index (χ2v) is 5.61. The van der Waals surface area contributed by atoms with Crippen molar-refractivity contribution in [2.24, 2.45) is 0 Å². The molecule has 0 atom stereocenters. The zero-order chi connectivity index (χ0) is 15.2. The maximum atomic E-state index is 14.0. The number of halogens is 2. The number of H-pyrrole nitrogens is 1. The Morgan fingerprint density at radius 3 is 2.86 bits per heavy atom. The van der Waals surface area contributed by atoms with Gasteiger partial charge >= 0.3 is 0 Å². The van der Waals surface area contributed by atoms with Crippen molar-refractivity contribution in [2.45, 2.75) is 18.3 Å². The maximum absolute atomic E-state index is 14.0. The van der Waals surface area contributed by atoms with E-state index in [-0.39, 0.29) is 5.41 Å². The molecular weight excluding hydrogens is 288 g/mol. The maximum Gasteiger partial charge on any atom is 0.160 e. The molecule has 2 N–H and O–H groups in total. The highest BCUT2D eigenvalue weighted by molar-refractivity contribution is 5.85. The van der Waals surface area contributed by atoms with Gasteiger partial charge in [-0.05, 0) is 24.5 Å². The summed E-state index contributed by atoms with van der Waals surface area (Å²) < 4.78 is 27.1. The molecule has 1 aliphatic carbocycles. The van der Waals surface area contributed by atoms with Gasteiger partial charge in [0.25, 0.3) is 0 Å². The highest BCUT2D eigenvalue weighted by Crippen LogP contribution is 2.49. The van der Waals surface area contributed by atoms with Crippen molar-refractivity contribution >= 4 is 16.9 Å². The molecule has 0 saturated heterocycles. The monoisotopic (exact) mass is 301 g/mol. The molecule has 1 fully saturated rings. The average molecular weight is 301 g/mol. The van der Waals surface area contributed by atoms with Gasteiger partial charge < -0.3 is 5.32 Å². The van der Waals surface area contributed by atoms with E-state index >= 15 is 0 Å². The Hall–Kier alpha value is -2.57. The molecule has 112 valence electrons. The number of hydrogen-bond acceptors (Lipinski definition) is 4. The molecule has 1 aliphatic rings. The normalized spacial score (nSPS) is 15.9. The van der Waals surface area contributed by atoms with Crippen LogP contribution in [-0.2, 0) is 5.41 Å². The number of aromatic amines is 1. The number of anilines is 1. The minimum Gasteiger partial charge on any atom is -0.368 e. The van der Waals surface area contributed by atoms with Crippen molar-refractivity contribution < 1.29 is 8.78 Å². The van der Waals surface area contributed by atoms with Gasteiger partial charge in [0.05, 0.1) is 11.6 Å². The lowest BCUT2D eigenvalue weighted by molar-refractivity contribution is 0.552. The van der Waals surface area contributed by atoms with Gasteiger partial charge in [0.15, 0.2) is 5.65 Å². The summed E-state index contributed by atoms with van der Waals surface area (Å²) >= 11 is 0. The molecule has 0 amide bonds. The van der Waals surface area contributed by atoms with E-state index in [1.165, 1.54) is 18.5 Å². The zero-order valence-electron chi connectivity index (χ0n) is 11.6. The van der Waals surface area contributed by atoms with Crippen LogP contribution in [0.5, 0.6) is 0 Å². The largest absolute Gasteiger partial charge is 0.368 e. The van der Waals surface area contributed by atoms with E-state index in [0.29, 0.717) is 23.6 Å². The Labute approximate surface area is 124 Å². The van der Waals surface area contributed by atoms with Gasteiger partial charge in [-0.25, -0.2) is 18.7 Å². The van der Waals surface area contributed by atoms with Crippen LogP contribution in [0.3, 0.4) is 0 Å². The molecule has 4 rings (SSSR count). The van der Waals surface area contributed by atoms with Crippen LogP contribution in [-0.4, -0.2) is 26.7 Å². The third-order valence-electron chi connectivity index (χ3n) is 4.20. The summed E-state index contributed by atoms with van der Waals surface area (Å²) in [4.78, 5) is 8.28. The molecule has 2 heterocycles. The van der Waals surface area contributed by atoms with Crippen LogP contribution in [0.4, 0.5) is 14.6 Å². The number of nitrogens with zero attached hydrogens (tertiary/aromatic N) is 3. The lowest BCUT2D eigenvalue weighted by Crippen LogP contribution is -2.21. The quantitative estimate of drug-likeness (QED) is 0.777. The number of nitrogens with one attached hydrogen (secondary N) is 2. The van der Waals surface area contributed by atoms with Gasteiger partial charge in [-0.3, -0.25) is 5.10 Å². The van der Waals surface area contributed by atoms with Crippen LogP contribution >= 0.6 is 0 Å². The molecule has 7 heteroatoms. The van der Waals surface area contributed by atoms with E-state index in [4.69, 9.17) is 0 Å². The summed E-state index contributed by atoms with van der Waals surface area (Å²) in [7, 11) is 0. The van der Waals surface area contributed by atoms with Gasteiger partial charge in [-0.2, -0.15) is 5.10 Å². The predicted molar refractivity (Wildman–Crippen MR) is 77.4 cm³/mol. The average Bonchev–Trinajstić information content (AvgIpc) is 3.12. The summed E-state index contributed by atoms with van der Waals surface area (Å²) in [6, 6.07) is 3.78. The van der Waals surface area contributed by atoms with Crippen molar-refractivity contribution in [3.05, 3.63) is 47.9 Å². The summed E-state index contributed by atoms with van der Waals surface area (Å²) in [5.74, 6) is -0.385. The number of hydrogen-bond donors (Lipinski definition) is 2. The number of aromatic nitrogens is 4. The first-order chi connectivity index (χ1) is 10.7. The summed E-state index contributed by atoms with van der Waals surface area (Å²) in [5, 5.41) is 10.7. The topological polar surface area (TPSA) is 66.5 Å². The third-order valence-corrected chi connectivity index (χ3v) is 4.20. The molecule has 22 heavy (non-hydrogen) atoms. The zero-order valence-corrected chi connectivity index (χ0v) is 11.6. The van der Waals surface area contributed by atoms with Crippen LogP contribution in [0.15, 0.2) is 30.7 Å². The van der Waals surface area contributed by atoms with Crippen molar-refractivity contribution in [3.8, 4) is 0 Å².